The zero-order valence-electron chi connectivity index (χ0n) is 10.5. The van der Waals surface area contributed by atoms with Crippen molar-refractivity contribution in [2.75, 3.05) is 0 Å². The first kappa shape index (κ1) is 12.2. The highest BCUT2D eigenvalue weighted by Crippen LogP contribution is 2.28. The summed E-state index contributed by atoms with van der Waals surface area (Å²) in [4.78, 5) is 0. The first-order chi connectivity index (χ1) is 8.08. The van der Waals surface area contributed by atoms with Crippen molar-refractivity contribution in [3.63, 3.8) is 0 Å². The number of aryl methyl sites for hydroxylation is 1. The van der Waals surface area contributed by atoms with Gasteiger partial charge in [0.05, 0.1) is 0 Å². The summed E-state index contributed by atoms with van der Waals surface area (Å²) in [5.74, 6) is 0.550. The van der Waals surface area contributed by atoms with Gasteiger partial charge in [-0.25, -0.2) is 0 Å². The Morgan fingerprint density at radius 1 is 1.00 bits per heavy atom. The Bertz CT molecular complexity index is 527. The Kier molecular flexibility index (Phi) is 3.54. The normalized spacial score (nSPS) is 10.9. The van der Waals surface area contributed by atoms with E-state index in [4.69, 9.17) is 11.6 Å². The molecule has 0 heterocycles. The van der Waals surface area contributed by atoms with Crippen LogP contribution in [0.3, 0.4) is 0 Å². The maximum atomic E-state index is 6.05. The van der Waals surface area contributed by atoms with Crippen molar-refractivity contribution in [1.29, 1.82) is 0 Å². The highest BCUT2D eigenvalue weighted by Gasteiger charge is 2.06. The van der Waals surface area contributed by atoms with E-state index in [1.807, 2.05) is 18.2 Å². The van der Waals surface area contributed by atoms with Crippen molar-refractivity contribution >= 4 is 11.6 Å². The Hall–Kier alpha value is -1.27. The van der Waals surface area contributed by atoms with Crippen molar-refractivity contribution in [3.05, 3.63) is 58.6 Å². The molecule has 0 radical (unpaired) electrons. The monoisotopic (exact) mass is 244 g/mol. The summed E-state index contributed by atoms with van der Waals surface area (Å²) in [6.07, 6.45) is 0. The van der Waals surface area contributed by atoms with Gasteiger partial charge < -0.3 is 0 Å². The summed E-state index contributed by atoms with van der Waals surface area (Å²) in [5, 5.41) is 0.789. The fourth-order valence-corrected chi connectivity index (χ4v) is 2.16. The summed E-state index contributed by atoms with van der Waals surface area (Å²) in [5.41, 5.74) is 5.12. The van der Waals surface area contributed by atoms with Crippen molar-refractivity contribution in [1.82, 2.24) is 0 Å². The molecule has 0 aliphatic heterocycles. The smallest absolute Gasteiger partial charge is 0.0412 e. The number of hydrogen-bond donors (Lipinski definition) is 0. The molecule has 0 saturated heterocycles. The predicted molar refractivity (Wildman–Crippen MR) is 75.7 cm³/mol. The van der Waals surface area contributed by atoms with Crippen molar-refractivity contribution in [3.8, 4) is 11.1 Å². The molecule has 0 saturated carbocycles. The first-order valence-electron chi connectivity index (χ1n) is 5.94. The van der Waals surface area contributed by atoms with E-state index in [0.29, 0.717) is 5.92 Å². The van der Waals surface area contributed by atoms with Gasteiger partial charge in [0, 0.05) is 5.02 Å². The number of benzene rings is 2. The second-order valence-electron chi connectivity index (χ2n) is 4.74. The molecule has 0 fully saturated rings. The van der Waals surface area contributed by atoms with Gasteiger partial charge in [0.2, 0.25) is 0 Å². The van der Waals surface area contributed by atoms with Gasteiger partial charge in [-0.3, -0.25) is 0 Å². The lowest BCUT2D eigenvalue weighted by Gasteiger charge is -2.11. The quantitative estimate of drug-likeness (QED) is 0.660. The summed E-state index contributed by atoms with van der Waals surface area (Å²) in [6, 6.07) is 14.7. The van der Waals surface area contributed by atoms with Gasteiger partial charge in [-0.2, -0.15) is 0 Å². The third-order valence-corrected chi connectivity index (χ3v) is 3.30. The molecule has 0 unspecified atom stereocenters. The molecule has 0 amide bonds. The van der Waals surface area contributed by atoms with Crippen LogP contribution in [0, 0.1) is 6.92 Å². The third kappa shape index (κ3) is 2.70. The van der Waals surface area contributed by atoms with Gasteiger partial charge in [0.1, 0.15) is 0 Å². The fourth-order valence-electron chi connectivity index (χ4n) is 1.97. The third-order valence-electron chi connectivity index (χ3n) is 3.06. The van der Waals surface area contributed by atoms with Crippen molar-refractivity contribution in [2.45, 2.75) is 26.7 Å². The van der Waals surface area contributed by atoms with Crippen LogP contribution >= 0.6 is 11.6 Å². The Morgan fingerprint density at radius 3 is 2.41 bits per heavy atom. The van der Waals surface area contributed by atoms with Gasteiger partial charge in [-0.1, -0.05) is 55.8 Å². The zero-order valence-corrected chi connectivity index (χ0v) is 11.3. The summed E-state index contributed by atoms with van der Waals surface area (Å²) in [7, 11) is 0. The molecule has 88 valence electrons. The Balaban J connectivity index is 2.54. The topological polar surface area (TPSA) is 0 Å². The van der Waals surface area contributed by atoms with Crippen molar-refractivity contribution in [2.24, 2.45) is 0 Å². The first-order valence-corrected chi connectivity index (χ1v) is 6.32. The number of hydrogen-bond acceptors (Lipinski definition) is 0. The molecule has 0 bridgehead atoms. The molecular formula is C16H17Cl. The Labute approximate surface area is 108 Å². The van der Waals surface area contributed by atoms with E-state index in [1.165, 1.54) is 22.3 Å². The van der Waals surface area contributed by atoms with Crippen LogP contribution in [0.4, 0.5) is 0 Å². The minimum atomic E-state index is 0.550. The molecular weight excluding hydrogens is 228 g/mol. The molecule has 2 aromatic rings. The van der Waals surface area contributed by atoms with Gasteiger partial charge in [0.25, 0.3) is 0 Å². The Morgan fingerprint density at radius 2 is 1.76 bits per heavy atom. The SMILES string of the molecule is Cc1ccc(C(C)C)cc1-c1cccc(Cl)c1. The lowest BCUT2D eigenvalue weighted by molar-refractivity contribution is 0.866. The second kappa shape index (κ2) is 4.93. The average Bonchev–Trinajstić information content (AvgIpc) is 2.29. The zero-order chi connectivity index (χ0) is 12.4. The fraction of sp³-hybridized carbons (Fsp3) is 0.250. The number of rotatable bonds is 2. The molecule has 2 aromatic carbocycles. The van der Waals surface area contributed by atoms with Crippen LogP contribution in [-0.4, -0.2) is 0 Å². The maximum Gasteiger partial charge on any atom is 0.0412 e. The molecule has 0 N–H and O–H groups in total. The van der Waals surface area contributed by atoms with Crippen LogP contribution in [0.1, 0.15) is 30.9 Å². The van der Waals surface area contributed by atoms with E-state index < -0.39 is 0 Å². The molecule has 0 aliphatic rings. The second-order valence-corrected chi connectivity index (χ2v) is 5.18. The van der Waals surface area contributed by atoms with Gasteiger partial charge in [-0.05, 0) is 47.2 Å². The molecule has 0 spiro atoms. The van der Waals surface area contributed by atoms with E-state index in [9.17, 15) is 0 Å². The average molecular weight is 245 g/mol. The van der Waals surface area contributed by atoms with E-state index in [1.54, 1.807) is 0 Å². The lowest BCUT2D eigenvalue weighted by Crippen LogP contribution is -1.90. The molecule has 2 rings (SSSR count). The van der Waals surface area contributed by atoms with E-state index in [2.05, 4.69) is 45.0 Å². The molecule has 0 aliphatic carbocycles. The summed E-state index contributed by atoms with van der Waals surface area (Å²) < 4.78 is 0. The van der Waals surface area contributed by atoms with E-state index >= 15 is 0 Å². The highest BCUT2D eigenvalue weighted by molar-refractivity contribution is 6.30. The van der Waals surface area contributed by atoms with Crippen LogP contribution in [0.15, 0.2) is 42.5 Å². The summed E-state index contributed by atoms with van der Waals surface area (Å²) >= 11 is 6.05. The number of halogens is 1. The summed E-state index contributed by atoms with van der Waals surface area (Å²) in [6.45, 7) is 6.57. The standard InChI is InChI=1S/C16H17Cl/c1-11(2)13-8-7-12(3)16(10-13)14-5-4-6-15(17)9-14/h4-11H,1-3H3. The van der Waals surface area contributed by atoms with Gasteiger partial charge in [-0.15, -0.1) is 0 Å². The molecule has 1 heteroatoms. The minimum absolute atomic E-state index is 0.550. The van der Waals surface area contributed by atoms with Crippen LogP contribution < -0.4 is 0 Å². The largest absolute Gasteiger partial charge is 0.0843 e. The van der Waals surface area contributed by atoms with Gasteiger partial charge >= 0.3 is 0 Å². The van der Waals surface area contributed by atoms with Crippen LogP contribution in [0.2, 0.25) is 5.02 Å². The van der Waals surface area contributed by atoms with Crippen LogP contribution in [0.5, 0.6) is 0 Å². The molecule has 0 atom stereocenters. The van der Waals surface area contributed by atoms with Crippen LogP contribution in [-0.2, 0) is 0 Å². The predicted octanol–water partition coefficient (Wildman–Crippen LogP) is 5.44. The van der Waals surface area contributed by atoms with Crippen LogP contribution in [0.25, 0.3) is 11.1 Å². The molecule has 0 aromatic heterocycles. The van der Waals surface area contributed by atoms with E-state index in [-0.39, 0.29) is 0 Å². The minimum Gasteiger partial charge on any atom is -0.0843 e. The van der Waals surface area contributed by atoms with Crippen molar-refractivity contribution < 1.29 is 0 Å². The molecule has 17 heavy (non-hydrogen) atoms. The maximum absolute atomic E-state index is 6.05. The van der Waals surface area contributed by atoms with Gasteiger partial charge in [0.15, 0.2) is 0 Å². The highest BCUT2D eigenvalue weighted by atomic mass is 35.5. The lowest BCUT2D eigenvalue weighted by atomic mass is 9.94. The molecule has 0 nitrogen and oxygen atoms in total. The van der Waals surface area contributed by atoms with E-state index in [0.717, 1.165) is 5.02 Å².